The van der Waals surface area contributed by atoms with Crippen LogP contribution < -0.4 is 9.47 Å². The van der Waals surface area contributed by atoms with Gasteiger partial charge in [-0.25, -0.2) is 9.59 Å². The van der Waals surface area contributed by atoms with Gasteiger partial charge in [-0.3, -0.25) is 0 Å². The van der Waals surface area contributed by atoms with Gasteiger partial charge in [0.05, 0.1) is 0 Å². The summed E-state index contributed by atoms with van der Waals surface area (Å²) in [5.41, 5.74) is 1.37. The Bertz CT molecular complexity index is 964. The summed E-state index contributed by atoms with van der Waals surface area (Å²) in [5, 5.41) is 8.10. The Hall–Kier alpha value is -4.00. The molecule has 2 aromatic carbocycles. The van der Waals surface area contributed by atoms with Crippen molar-refractivity contribution in [3.63, 3.8) is 0 Å². The van der Waals surface area contributed by atoms with Crippen LogP contribution in [0.25, 0.3) is 22.9 Å². The van der Waals surface area contributed by atoms with Crippen LogP contribution in [0.3, 0.4) is 0 Å². The molecule has 7 heteroatoms. The van der Waals surface area contributed by atoms with Crippen molar-refractivity contribution in [2.24, 2.45) is 0 Å². The maximum absolute atomic E-state index is 11.5. The van der Waals surface area contributed by atoms with Gasteiger partial charge in [0.2, 0.25) is 11.8 Å². The Kier molecular flexibility index (Phi) is 6.32. The molecule has 7 nitrogen and oxygen atoms in total. The van der Waals surface area contributed by atoms with E-state index in [1.165, 1.54) is 12.2 Å². The van der Waals surface area contributed by atoms with Gasteiger partial charge in [0.25, 0.3) is 0 Å². The Balaban J connectivity index is 1.70. The zero-order chi connectivity index (χ0) is 20.6. The van der Waals surface area contributed by atoms with E-state index in [9.17, 15) is 9.59 Å². The number of ether oxygens (including phenoxy) is 2. The summed E-state index contributed by atoms with van der Waals surface area (Å²) >= 11 is 0. The third-order valence-corrected chi connectivity index (χ3v) is 3.67. The van der Waals surface area contributed by atoms with Crippen molar-refractivity contribution in [1.29, 1.82) is 0 Å². The Morgan fingerprint density at radius 3 is 1.45 bits per heavy atom. The van der Waals surface area contributed by atoms with Crippen LogP contribution in [0.1, 0.15) is 13.8 Å². The number of hydrogen-bond acceptors (Lipinski definition) is 7. The molecule has 0 saturated carbocycles. The van der Waals surface area contributed by atoms with E-state index in [4.69, 9.17) is 13.9 Å². The molecule has 0 aliphatic carbocycles. The molecule has 0 radical (unpaired) electrons. The maximum atomic E-state index is 11.5. The molecule has 0 bridgehead atoms. The third-order valence-electron chi connectivity index (χ3n) is 3.67. The third kappa shape index (κ3) is 5.26. The topological polar surface area (TPSA) is 91.5 Å². The van der Waals surface area contributed by atoms with Crippen LogP contribution in [0.5, 0.6) is 11.5 Å². The summed E-state index contributed by atoms with van der Waals surface area (Å²) in [6, 6.07) is 13.5. The number of nitrogens with zero attached hydrogens (tertiary/aromatic N) is 2. The van der Waals surface area contributed by atoms with Crippen LogP contribution in [0.2, 0.25) is 0 Å². The molecule has 0 aliphatic heterocycles. The van der Waals surface area contributed by atoms with Gasteiger partial charge in [-0.15, -0.1) is 10.2 Å². The monoisotopic (exact) mass is 390 g/mol. The summed E-state index contributed by atoms with van der Waals surface area (Å²) < 4.78 is 16.0. The van der Waals surface area contributed by atoms with Crippen molar-refractivity contribution >= 4 is 11.9 Å². The molecule has 0 atom stereocenters. The molecule has 3 rings (SSSR count). The highest BCUT2D eigenvalue weighted by molar-refractivity contribution is 5.84. The first-order chi connectivity index (χ1) is 14.1. The number of benzene rings is 2. The fourth-order valence-electron chi connectivity index (χ4n) is 2.36. The highest BCUT2D eigenvalue weighted by Gasteiger charge is 2.11. The number of aromatic nitrogens is 2. The lowest BCUT2D eigenvalue weighted by Crippen LogP contribution is -2.03. The highest BCUT2D eigenvalue weighted by atomic mass is 16.5. The van der Waals surface area contributed by atoms with Crippen LogP contribution in [-0.2, 0) is 9.59 Å². The van der Waals surface area contributed by atoms with Crippen LogP contribution in [0.15, 0.2) is 77.3 Å². The van der Waals surface area contributed by atoms with E-state index in [0.717, 1.165) is 0 Å². The van der Waals surface area contributed by atoms with Gasteiger partial charge in [-0.1, -0.05) is 12.2 Å². The van der Waals surface area contributed by atoms with Crippen molar-refractivity contribution in [1.82, 2.24) is 10.2 Å². The normalized spacial score (nSPS) is 11.1. The highest BCUT2D eigenvalue weighted by Crippen LogP contribution is 2.26. The van der Waals surface area contributed by atoms with Gasteiger partial charge >= 0.3 is 11.9 Å². The van der Waals surface area contributed by atoms with E-state index >= 15 is 0 Å². The SMILES string of the molecule is C/C=C/C(=O)Oc1ccc(-c2nnc(-c3ccc(OC(=O)/C=C/C)cc3)o2)cc1. The first-order valence-electron chi connectivity index (χ1n) is 8.82. The molecule has 1 aromatic heterocycles. The Morgan fingerprint density at radius 2 is 1.10 bits per heavy atom. The van der Waals surface area contributed by atoms with E-state index in [1.54, 1.807) is 74.5 Å². The second-order valence-electron chi connectivity index (χ2n) is 5.80. The molecule has 1 heterocycles. The van der Waals surface area contributed by atoms with Crippen LogP contribution >= 0.6 is 0 Å². The van der Waals surface area contributed by atoms with Crippen molar-refractivity contribution < 1.29 is 23.5 Å². The van der Waals surface area contributed by atoms with Crippen molar-refractivity contribution in [3.8, 4) is 34.4 Å². The minimum Gasteiger partial charge on any atom is -0.423 e. The van der Waals surface area contributed by atoms with Gasteiger partial charge in [0.1, 0.15) is 11.5 Å². The number of hydrogen-bond donors (Lipinski definition) is 0. The molecule has 0 saturated heterocycles. The fourth-order valence-corrected chi connectivity index (χ4v) is 2.36. The molecule has 146 valence electrons. The van der Waals surface area contributed by atoms with Gasteiger partial charge in [-0.05, 0) is 62.4 Å². The zero-order valence-electron chi connectivity index (χ0n) is 15.9. The summed E-state index contributed by atoms with van der Waals surface area (Å²) in [6.45, 7) is 3.48. The molecule has 3 aromatic rings. The van der Waals surface area contributed by atoms with Gasteiger partial charge in [-0.2, -0.15) is 0 Å². The Labute approximate surface area is 167 Å². The van der Waals surface area contributed by atoms with E-state index < -0.39 is 11.9 Å². The molecule has 0 aliphatic rings. The van der Waals surface area contributed by atoms with Gasteiger partial charge in [0, 0.05) is 23.3 Å². The summed E-state index contributed by atoms with van der Waals surface area (Å²) in [6.07, 6.45) is 5.89. The van der Waals surface area contributed by atoms with Crippen molar-refractivity contribution in [3.05, 3.63) is 72.8 Å². The number of carbonyl (C=O) groups excluding carboxylic acids is 2. The number of esters is 2. The fraction of sp³-hybridized carbons (Fsp3) is 0.0909. The minimum absolute atomic E-state index is 0.329. The molecule has 0 spiro atoms. The van der Waals surface area contributed by atoms with Crippen molar-refractivity contribution in [2.75, 3.05) is 0 Å². The van der Waals surface area contributed by atoms with Crippen LogP contribution in [-0.4, -0.2) is 22.1 Å². The average Bonchev–Trinajstić information content (AvgIpc) is 3.20. The number of rotatable bonds is 6. The summed E-state index contributed by atoms with van der Waals surface area (Å²) in [5.74, 6) is 0.601. The standard InChI is InChI=1S/C22H18N2O5/c1-3-5-19(25)27-17-11-7-15(8-12-17)21-23-24-22(29-21)16-9-13-18(14-10-16)28-20(26)6-4-2/h3-14H,1-2H3/b5-3+,6-4+. The maximum Gasteiger partial charge on any atom is 0.335 e. The molecule has 0 unspecified atom stereocenters. The lowest BCUT2D eigenvalue weighted by Gasteiger charge is -2.02. The van der Waals surface area contributed by atoms with Crippen LogP contribution in [0, 0.1) is 0 Å². The first-order valence-corrected chi connectivity index (χ1v) is 8.82. The van der Waals surface area contributed by atoms with Gasteiger partial charge in [0.15, 0.2) is 0 Å². The zero-order valence-corrected chi connectivity index (χ0v) is 15.9. The largest absolute Gasteiger partial charge is 0.423 e. The van der Waals surface area contributed by atoms with E-state index in [2.05, 4.69) is 10.2 Å². The van der Waals surface area contributed by atoms with Crippen molar-refractivity contribution in [2.45, 2.75) is 13.8 Å². The summed E-state index contributed by atoms with van der Waals surface area (Å²) in [7, 11) is 0. The van der Waals surface area contributed by atoms with Gasteiger partial charge < -0.3 is 13.9 Å². The number of allylic oxidation sites excluding steroid dienone is 2. The molecule has 0 N–H and O–H groups in total. The van der Waals surface area contributed by atoms with Crippen LogP contribution in [0.4, 0.5) is 0 Å². The quantitative estimate of drug-likeness (QED) is 0.351. The second-order valence-corrected chi connectivity index (χ2v) is 5.80. The van der Waals surface area contributed by atoms with E-state index in [-0.39, 0.29) is 0 Å². The molecule has 29 heavy (non-hydrogen) atoms. The summed E-state index contributed by atoms with van der Waals surface area (Å²) in [4.78, 5) is 22.9. The predicted molar refractivity (Wildman–Crippen MR) is 106 cm³/mol. The molecular formula is C22H18N2O5. The van der Waals surface area contributed by atoms with E-state index in [1.807, 2.05) is 0 Å². The second kappa shape index (κ2) is 9.27. The number of carbonyl (C=O) groups is 2. The first kappa shape index (κ1) is 19.8. The van der Waals surface area contributed by atoms with E-state index in [0.29, 0.717) is 34.4 Å². The Morgan fingerprint density at radius 1 is 0.724 bits per heavy atom. The lowest BCUT2D eigenvalue weighted by atomic mass is 10.2. The molecular weight excluding hydrogens is 372 g/mol. The predicted octanol–water partition coefficient (Wildman–Crippen LogP) is 4.37. The molecule has 0 fully saturated rings. The average molecular weight is 390 g/mol. The minimum atomic E-state index is -0.444. The molecule has 0 amide bonds. The lowest BCUT2D eigenvalue weighted by molar-refractivity contribution is -0.129. The smallest absolute Gasteiger partial charge is 0.335 e.